The molecule has 0 saturated carbocycles. The van der Waals surface area contributed by atoms with Crippen LogP contribution in [0.5, 0.6) is 0 Å². The Balaban J connectivity index is 1.68. The highest BCUT2D eigenvalue weighted by Crippen LogP contribution is 2.38. The summed E-state index contributed by atoms with van der Waals surface area (Å²) in [4.78, 5) is 30.2. The smallest absolute Gasteiger partial charge is 0.246 e. The number of thioether (sulfide) groups is 1. The van der Waals surface area contributed by atoms with E-state index in [0.29, 0.717) is 24.7 Å². The largest absolute Gasteiger partial charge is 0.379 e. The van der Waals surface area contributed by atoms with E-state index in [1.54, 1.807) is 19.2 Å². The van der Waals surface area contributed by atoms with Crippen LogP contribution >= 0.6 is 11.8 Å². The van der Waals surface area contributed by atoms with Gasteiger partial charge in [-0.1, -0.05) is 25.1 Å². The van der Waals surface area contributed by atoms with Crippen molar-refractivity contribution in [3.8, 4) is 0 Å². The molecule has 10 heteroatoms. The Morgan fingerprint density at radius 3 is 2.55 bits per heavy atom. The quantitative estimate of drug-likeness (QED) is 0.641. The van der Waals surface area contributed by atoms with Gasteiger partial charge in [0.15, 0.2) is 0 Å². The summed E-state index contributed by atoms with van der Waals surface area (Å²) in [5.74, 6) is -0.213. The van der Waals surface area contributed by atoms with E-state index in [4.69, 9.17) is 4.74 Å². The third-order valence-corrected chi connectivity index (χ3v) is 9.03. The van der Waals surface area contributed by atoms with E-state index < -0.39 is 10.0 Å². The molecule has 2 amide bonds. The molecule has 1 saturated heterocycles. The van der Waals surface area contributed by atoms with Crippen molar-refractivity contribution in [2.24, 2.45) is 5.92 Å². The minimum Gasteiger partial charge on any atom is -0.379 e. The van der Waals surface area contributed by atoms with E-state index in [-0.39, 0.29) is 42.3 Å². The number of benzene rings is 2. The van der Waals surface area contributed by atoms with E-state index in [2.05, 4.69) is 0 Å². The molecule has 0 bridgehead atoms. The Bertz CT molecular complexity index is 1130. The molecule has 2 aliphatic heterocycles. The van der Waals surface area contributed by atoms with Gasteiger partial charge >= 0.3 is 0 Å². The Morgan fingerprint density at radius 1 is 1.15 bits per heavy atom. The molecule has 176 valence electrons. The number of carbonyl (C=O) groups is 2. The van der Waals surface area contributed by atoms with E-state index in [1.807, 2.05) is 37.3 Å². The maximum atomic E-state index is 13.2. The van der Waals surface area contributed by atoms with E-state index in [1.165, 1.54) is 31.9 Å². The van der Waals surface area contributed by atoms with Gasteiger partial charge in [-0.25, -0.2) is 8.42 Å². The maximum absolute atomic E-state index is 13.2. The van der Waals surface area contributed by atoms with Gasteiger partial charge in [0.25, 0.3) is 0 Å². The van der Waals surface area contributed by atoms with Gasteiger partial charge < -0.3 is 14.5 Å². The topological polar surface area (TPSA) is 87.2 Å². The molecule has 0 radical (unpaired) electrons. The van der Waals surface area contributed by atoms with Gasteiger partial charge in [-0.2, -0.15) is 4.31 Å². The number of para-hydroxylation sites is 1. The summed E-state index contributed by atoms with van der Waals surface area (Å²) in [6.07, 6.45) is 0. The van der Waals surface area contributed by atoms with Crippen LogP contribution in [0.4, 0.5) is 11.4 Å². The predicted molar refractivity (Wildman–Crippen MR) is 128 cm³/mol. The normalized spacial score (nSPS) is 19.6. The van der Waals surface area contributed by atoms with Crippen LogP contribution in [0, 0.1) is 5.92 Å². The van der Waals surface area contributed by atoms with Crippen LogP contribution in [0.25, 0.3) is 0 Å². The molecule has 1 fully saturated rings. The number of sulfonamides is 1. The van der Waals surface area contributed by atoms with Crippen LogP contribution in [-0.4, -0.2) is 70.2 Å². The van der Waals surface area contributed by atoms with Gasteiger partial charge in [0.2, 0.25) is 21.8 Å². The van der Waals surface area contributed by atoms with Crippen LogP contribution in [-0.2, 0) is 24.3 Å². The lowest BCUT2D eigenvalue weighted by Crippen LogP contribution is -2.44. The number of likely N-dealkylation sites (N-methyl/N-ethyl adjacent to an activating group) is 1. The number of ether oxygens (including phenoxy) is 1. The second-order valence-electron chi connectivity index (χ2n) is 8.07. The summed E-state index contributed by atoms with van der Waals surface area (Å²) in [6.45, 7) is 2.92. The summed E-state index contributed by atoms with van der Waals surface area (Å²) in [5, 5.41) is 0. The molecule has 1 atom stereocenters. The number of nitrogens with zero attached hydrogens (tertiary/aromatic N) is 3. The molecule has 0 aromatic heterocycles. The Kier molecular flexibility index (Phi) is 7.08. The lowest BCUT2D eigenvalue weighted by molar-refractivity contribution is -0.124. The molecule has 2 aromatic rings. The predicted octanol–water partition coefficient (Wildman–Crippen LogP) is 2.45. The van der Waals surface area contributed by atoms with Crippen molar-refractivity contribution in [2.75, 3.05) is 55.4 Å². The first-order valence-electron chi connectivity index (χ1n) is 10.8. The number of anilines is 2. The molecule has 2 aliphatic rings. The highest BCUT2D eigenvalue weighted by Gasteiger charge is 2.33. The van der Waals surface area contributed by atoms with Gasteiger partial charge in [-0.15, -0.1) is 11.8 Å². The van der Waals surface area contributed by atoms with Gasteiger partial charge in [-0.05, 0) is 30.3 Å². The molecule has 8 nitrogen and oxygen atoms in total. The van der Waals surface area contributed by atoms with Crippen LogP contribution in [0.3, 0.4) is 0 Å². The van der Waals surface area contributed by atoms with Gasteiger partial charge in [-0.3, -0.25) is 9.59 Å². The average molecular weight is 490 g/mol. The number of hydrogen-bond acceptors (Lipinski definition) is 6. The van der Waals surface area contributed by atoms with Crippen LogP contribution in [0.15, 0.2) is 58.3 Å². The number of amides is 2. The molecule has 2 heterocycles. The molecule has 4 rings (SSSR count). The van der Waals surface area contributed by atoms with Gasteiger partial charge in [0.1, 0.15) is 6.54 Å². The van der Waals surface area contributed by atoms with Crippen molar-refractivity contribution in [2.45, 2.75) is 16.7 Å². The zero-order valence-corrected chi connectivity index (χ0v) is 20.3. The number of carbonyl (C=O) groups excluding carboxylic acids is 2. The fraction of sp³-hybridized carbons (Fsp3) is 0.391. The third-order valence-electron chi connectivity index (χ3n) is 5.82. The molecular weight excluding hydrogens is 462 g/mol. The number of fused-ring (bicyclic) bond motifs is 1. The lowest BCUT2D eigenvalue weighted by Gasteiger charge is -2.28. The zero-order valence-electron chi connectivity index (χ0n) is 18.6. The van der Waals surface area contributed by atoms with Crippen LogP contribution < -0.4 is 9.80 Å². The van der Waals surface area contributed by atoms with E-state index in [0.717, 1.165) is 10.6 Å². The van der Waals surface area contributed by atoms with Gasteiger partial charge in [0.05, 0.1) is 23.8 Å². The number of morpholine rings is 1. The summed E-state index contributed by atoms with van der Waals surface area (Å²) in [6, 6.07) is 14.0. The highest BCUT2D eigenvalue weighted by molar-refractivity contribution is 7.99. The summed E-state index contributed by atoms with van der Waals surface area (Å²) in [7, 11) is -2.07. The highest BCUT2D eigenvalue weighted by atomic mass is 32.2. The molecule has 0 unspecified atom stereocenters. The Hall–Kier alpha value is -2.40. The van der Waals surface area contributed by atoms with Crippen molar-refractivity contribution in [1.29, 1.82) is 0 Å². The molecule has 0 spiro atoms. The fourth-order valence-electron chi connectivity index (χ4n) is 3.80. The minimum atomic E-state index is -3.74. The molecule has 33 heavy (non-hydrogen) atoms. The standard InChI is InChI=1S/C23H27N3O5S2/c1-17-16-32-21-9-8-19(33(29,30)25-10-12-31-13-11-25)14-20(21)26(23(17)28)15-22(27)24(2)18-6-4-3-5-7-18/h3-9,14,17H,10-13,15-16H2,1-2H3/t17-/m0/s1. The average Bonchev–Trinajstić information content (AvgIpc) is 2.96. The van der Waals surface area contributed by atoms with Crippen LogP contribution in [0.1, 0.15) is 6.92 Å². The maximum Gasteiger partial charge on any atom is 0.246 e. The molecular formula is C23H27N3O5S2. The summed E-state index contributed by atoms with van der Waals surface area (Å²) in [5.41, 5.74) is 1.18. The summed E-state index contributed by atoms with van der Waals surface area (Å²) < 4.78 is 33.1. The number of hydrogen-bond donors (Lipinski definition) is 0. The van der Waals surface area contributed by atoms with E-state index in [9.17, 15) is 18.0 Å². The molecule has 0 aliphatic carbocycles. The molecule has 2 aromatic carbocycles. The van der Waals surface area contributed by atoms with Crippen molar-refractivity contribution in [3.05, 3.63) is 48.5 Å². The van der Waals surface area contributed by atoms with Gasteiger partial charge in [0, 0.05) is 42.4 Å². The van der Waals surface area contributed by atoms with Crippen LogP contribution in [0.2, 0.25) is 0 Å². The van der Waals surface area contributed by atoms with Crippen molar-refractivity contribution < 1.29 is 22.7 Å². The number of rotatable bonds is 5. The minimum absolute atomic E-state index is 0.111. The van der Waals surface area contributed by atoms with Crippen molar-refractivity contribution >= 4 is 45.0 Å². The summed E-state index contributed by atoms with van der Waals surface area (Å²) >= 11 is 1.50. The second kappa shape index (κ2) is 9.84. The fourth-order valence-corrected chi connectivity index (χ4v) is 6.28. The first kappa shape index (κ1) is 23.7. The second-order valence-corrected chi connectivity index (χ2v) is 11.1. The Morgan fingerprint density at radius 2 is 1.85 bits per heavy atom. The SMILES string of the molecule is C[C@H]1CSc2ccc(S(=O)(=O)N3CCOCC3)cc2N(CC(=O)N(C)c2ccccc2)C1=O. The van der Waals surface area contributed by atoms with Crippen molar-refractivity contribution in [1.82, 2.24) is 4.31 Å². The zero-order chi connectivity index (χ0) is 23.6. The first-order valence-corrected chi connectivity index (χ1v) is 13.2. The lowest BCUT2D eigenvalue weighted by atomic mass is 10.1. The third kappa shape index (κ3) is 4.93. The van der Waals surface area contributed by atoms with E-state index >= 15 is 0 Å². The molecule has 0 N–H and O–H groups in total. The first-order chi connectivity index (χ1) is 15.8. The Labute approximate surface area is 198 Å². The van der Waals surface area contributed by atoms with Crippen molar-refractivity contribution in [3.63, 3.8) is 0 Å². The monoisotopic (exact) mass is 489 g/mol.